The number of ether oxygens (including phenoxy) is 1. The first kappa shape index (κ1) is 17.1. The summed E-state index contributed by atoms with van der Waals surface area (Å²) in [6, 6.07) is 3.95. The van der Waals surface area contributed by atoms with Crippen LogP contribution in [0.3, 0.4) is 0 Å². The van der Waals surface area contributed by atoms with E-state index in [9.17, 15) is 4.79 Å². The molecule has 1 aromatic heterocycles. The Morgan fingerprint density at radius 1 is 1.45 bits per heavy atom. The molecule has 2 heterocycles. The first-order chi connectivity index (χ1) is 10.4. The maximum absolute atomic E-state index is 12.3. The standard InChI is InChI=1S/C18H29NO3/c1-13(2)15(16-6-5-10-21-16)7-9-19-17(20)14-8-11-22-18(3,4)12-14/h5-6,10,13-15H,7-9,11-12H2,1-4H3,(H,19,20)/t14-,15+/m1/s1. The Kier molecular flexibility index (Phi) is 5.68. The third-order valence-electron chi connectivity index (χ3n) is 4.54. The predicted octanol–water partition coefficient (Wildman–Crippen LogP) is 3.73. The Balaban J connectivity index is 1.81. The first-order valence-corrected chi connectivity index (χ1v) is 8.34. The van der Waals surface area contributed by atoms with Crippen molar-refractivity contribution < 1.29 is 13.9 Å². The summed E-state index contributed by atoms with van der Waals surface area (Å²) < 4.78 is 11.2. The number of hydrogen-bond acceptors (Lipinski definition) is 3. The van der Waals surface area contributed by atoms with Crippen molar-refractivity contribution in [2.24, 2.45) is 11.8 Å². The van der Waals surface area contributed by atoms with Crippen LogP contribution in [0.4, 0.5) is 0 Å². The number of amides is 1. The molecule has 0 spiro atoms. The highest BCUT2D eigenvalue weighted by Gasteiger charge is 2.32. The summed E-state index contributed by atoms with van der Waals surface area (Å²) in [6.45, 7) is 9.86. The highest BCUT2D eigenvalue weighted by Crippen LogP contribution is 2.29. The quantitative estimate of drug-likeness (QED) is 0.871. The van der Waals surface area contributed by atoms with E-state index in [4.69, 9.17) is 9.15 Å². The monoisotopic (exact) mass is 307 g/mol. The molecule has 2 atom stereocenters. The summed E-state index contributed by atoms with van der Waals surface area (Å²) >= 11 is 0. The van der Waals surface area contributed by atoms with E-state index in [1.54, 1.807) is 6.26 Å². The van der Waals surface area contributed by atoms with Crippen LogP contribution in [-0.2, 0) is 9.53 Å². The van der Waals surface area contributed by atoms with E-state index in [1.165, 1.54) is 0 Å². The summed E-state index contributed by atoms with van der Waals surface area (Å²) in [5, 5.41) is 3.10. The molecule has 1 saturated heterocycles. The lowest BCUT2D eigenvalue weighted by Crippen LogP contribution is -2.41. The number of nitrogens with one attached hydrogen (secondary N) is 1. The molecule has 0 unspecified atom stereocenters. The van der Waals surface area contributed by atoms with Crippen LogP contribution in [0.1, 0.15) is 58.6 Å². The van der Waals surface area contributed by atoms with Crippen LogP contribution in [0.5, 0.6) is 0 Å². The Hall–Kier alpha value is -1.29. The van der Waals surface area contributed by atoms with E-state index >= 15 is 0 Å². The highest BCUT2D eigenvalue weighted by molar-refractivity contribution is 5.78. The van der Waals surface area contributed by atoms with Crippen LogP contribution in [0, 0.1) is 11.8 Å². The second kappa shape index (κ2) is 7.32. The molecule has 0 saturated carbocycles. The Labute approximate surface area is 133 Å². The zero-order valence-electron chi connectivity index (χ0n) is 14.2. The lowest BCUT2D eigenvalue weighted by Gasteiger charge is -2.34. The van der Waals surface area contributed by atoms with Crippen molar-refractivity contribution in [2.75, 3.05) is 13.2 Å². The summed E-state index contributed by atoms with van der Waals surface area (Å²) in [6.07, 6.45) is 4.24. The normalized spacial score (nSPS) is 22.5. The van der Waals surface area contributed by atoms with Gasteiger partial charge in [-0.2, -0.15) is 0 Å². The minimum Gasteiger partial charge on any atom is -0.469 e. The molecule has 0 bridgehead atoms. The fourth-order valence-corrected chi connectivity index (χ4v) is 3.26. The van der Waals surface area contributed by atoms with Gasteiger partial charge in [0, 0.05) is 25.0 Å². The molecule has 1 aromatic rings. The van der Waals surface area contributed by atoms with E-state index in [0.717, 1.165) is 25.0 Å². The number of hydrogen-bond donors (Lipinski definition) is 1. The molecule has 1 aliphatic rings. The van der Waals surface area contributed by atoms with E-state index in [2.05, 4.69) is 33.0 Å². The lowest BCUT2D eigenvalue weighted by atomic mass is 9.87. The van der Waals surface area contributed by atoms with Gasteiger partial charge >= 0.3 is 0 Å². The number of rotatable bonds is 6. The largest absolute Gasteiger partial charge is 0.469 e. The van der Waals surface area contributed by atoms with E-state index in [0.29, 0.717) is 25.0 Å². The van der Waals surface area contributed by atoms with Gasteiger partial charge in [0.2, 0.25) is 5.91 Å². The fourth-order valence-electron chi connectivity index (χ4n) is 3.26. The molecule has 124 valence electrons. The average Bonchev–Trinajstić information content (AvgIpc) is 2.95. The second-order valence-corrected chi connectivity index (χ2v) is 7.24. The zero-order valence-corrected chi connectivity index (χ0v) is 14.2. The second-order valence-electron chi connectivity index (χ2n) is 7.24. The van der Waals surface area contributed by atoms with E-state index < -0.39 is 0 Å². The average molecular weight is 307 g/mol. The van der Waals surface area contributed by atoms with Crippen LogP contribution < -0.4 is 5.32 Å². The minimum absolute atomic E-state index is 0.0739. The minimum atomic E-state index is -0.186. The first-order valence-electron chi connectivity index (χ1n) is 8.34. The highest BCUT2D eigenvalue weighted by atomic mass is 16.5. The van der Waals surface area contributed by atoms with Gasteiger partial charge < -0.3 is 14.5 Å². The molecule has 1 amide bonds. The van der Waals surface area contributed by atoms with Crippen LogP contribution in [0.2, 0.25) is 0 Å². The molecule has 0 radical (unpaired) electrons. The van der Waals surface area contributed by atoms with Gasteiger partial charge in [-0.15, -0.1) is 0 Å². The maximum Gasteiger partial charge on any atom is 0.223 e. The smallest absolute Gasteiger partial charge is 0.223 e. The van der Waals surface area contributed by atoms with E-state index in [-0.39, 0.29) is 17.4 Å². The number of furan rings is 1. The third kappa shape index (κ3) is 4.60. The molecule has 0 aromatic carbocycles. The van der Waals surface area contributed by atoms with Gasteiger partial charge in [-0.3, -0.25) is 4.79 Å². The molecule has 4 heteroatoms. The maximum atomic E-state index is 12.3. The van der Waals surface area contributed by atoms with Crippen molar-refractivity contribution in [3.05, 3.63) is 24.2 Å². The van der Waals surface area contributed by atoms with Gasteiger partial charge in [-0.05, 0) is 51.2 Å². The Bertz CT molecular complexity index is 465. The molecule has 0 aliphatic carbocycles. The van der Waals surface area contributed by atoms with Gasteiger partial charge in [0.15, 0.2) is 0 Å². The van der Waals surface area contributed by atoms with Crippen LogP contribution in [0.25, 0.3) is 0 Å². The van der Waals surface area contributed by atoms with Gasteiger partial charge in [0.05, 0.1) is 11.9 Å². The van der Waals surface area contributed by atoms with Gasteiger partial charge in [-0.25, -0.2) is 0 Å². The zero-order chi connectivity index (χ0) is 16.2. The van der Waals surface area contributed by atoms with Crippen molar-refractivity contribution in [1.82, 2.24) is 5.32 Å². The summed E-state index contributed by atoms with van der Waals surface area (Å²) in [5.41, 5.74) is -0.186. The summed E-state index contributed by atoms with van der Waals surface area (Å²) in [7, 11) is 0. The van der Waals surface area contributed by atoms with Crippen molar-refractivity contribution >= 4 is 5.91 Å². The molecule has 2 rings (SSSR count). The van der Waals surface area contributed by atoms with Crippen molar-refractivity contribution in [2.45, 2.75) is 58.5 Å². The Morgan fingerprint density at radius 3 is 2.82 bits per heavy atom. The van der Waals surface area contributed by atoms with Gasteiger partial charge in [-0.1, -0.05) is 13.8 Å². The molecule has 1 fully saturated rings. The molecule has 1 N–H and O–H groups in total. The van der Waals surface area contributed by atoms with Crippen LogP contribution in [-0.4, -0.2) is 24.7 Å². The van der Waals surface area contributed by atoms with Crippen molar-refractivity contribution in [3.8, 4) is 0 Å². The number of carbonyl (C=O) groups is 1. The van der Waals surface area contributed by atoms with Gasteiger partial charge in [0.1, 0.15) is 5.76 Å². The molecule has 4 nitrogen and oxygen atoms in total. The number of carbonyl (C=O) groups excluding carboxylic acids is 1. The molecule has 22 heavy (non-hydrogen) atoms. The lowest BCUT2D eigenvalue weighted by molar-refractivity contribution is -0.135. The van der Waals surface area contributed by atoms with Crippen LogP contribution in [0.15, 0.2) is 22.8 Å². The van der Waals surface area contributed by atoms with Gasteiger partial charge in [0.25, 0.3) is 0 Å². The third-order valence-corrected chi connectivity index (χ3v) is 4.54. The Morgan fingerprint density at radius 2 is 2.23 bits per heavy atom. The van der Waals surface area contributed by atoms with Crippen molar-refractivity contribution in [3.63, 3.8) is 0 Å². The molecular formula is C18H29NO3. The fraction of sp³-hybridized carbons (Fsp3) is 0.722. The van der Waals surface area contributed by atoms with Crippen LogP contribution >= 0.6 is 0 Å². The SMILES string of the molecule is CC(C)[C@H](CCNC(=O)[C@@H]1CCOC(C)(C)C1)c1ccco1. The molecule has 1 aliphatic heterocycles. The topological polar surface area (TPSA) is 51.5 Å². The van der Waals surface area contributed by atoms with E-state index in [1.807, 2.05) is 12.1 Å². The summed E-state index contributed by atoms with van der Waals surface area (Å²) in [5.74, 6) is 2.09. The van der Waals surface area contributed by atoms with Crippen molar-refractivity contribution in [1.29, 1.82) is 0 Å². The summed E-state index contributed by atoms with van der Waals surface area (Å²) in [4.78, 5) is 12.3. The molecular weight excluding hydrogens is 278 g/mol. The predicted molar refractivity (Wildman–Crippen MR) is 86.7 cm³/mol.